The minimum absolute atomic E-state index is 0.0128. The van der Waals surface area contributed by atoms with Gasteiger partial charge in [-0.1, -0.05) is 6.92 Å². The molecule has 0 saturated heterocycles. The van der Waals surface area contributed by atoms with Crippen LogP contribution in [0.2, 0.25) is 0 Å². The highest BCUT2D eigenvalue weighted by atomic mass is 32.2. The van der Waals surface area contributed by atoms with Gasteiger partial charge in [0.05, 0.1) is 0 Å². The summed E-state index contributed by atoms with van der Waals surface area (Å²) < 4.78 is 26.7. The summed E-state index contributed by atoms with van der Waals surface area (Å²) in [6, 6.07) is -0.0128. The van der Waals surface area contributed by atoms with Gasteiger partial charge in [0, 0.05) is 26.7 Å². The van der Waals surface area contributed by atoms with Crippen molar-refractivity contribution in [2.75, 3.05) is 33.7 Å². The predicted octanol–water partition coefficient (Wildman–Crippen LogP) is 0.503. The van der Waals surface area contributed by atoms with Gasteiger partial charge < -0.3 is 5.32 Å². The minimum Gasteiger partial charge on any atom is -0.317 e. The molecule has 0 aliphatic carbocycles. The summed E-state index contributed by atoms with van der Waals surface area (Å²) in [6.07, 6.45) is 0.829. The third-order valence-electron chi connectivity index (χ3n) is 2.56. The van der Waals surface area contributed by atoms with E-state index in [9.17, 15) is 8.42 Å². The second-order valence-electron chi connectivity index (χ2n) is 4.15. The lowest BCUT2D eigenvalue weighted by Gasteiger charge is -2.27. The number of hydrogen-bond acceptors (Lipinski definition) is 3. The molecule has 0 aromatic heterocycles. The Labute approximate surface area is 100.0 Å². The van der Waals surface area contributed by atoms with Crippen molar-refractivity contribution < 1.29 is 8.42 Å². The maximum absolute atomic E-state index is 12.0. The van der Waals surface area contributed by atoms with Crippen molar-refractivity contribution >= 4 is 10.2 Å². The van der Waals surface area contributed by atoms with Crippen LogP contribution in [-0.4, -0.2) is 56.8 Å². The molecule has 0 radical (unpaired) electrons. The van der Waals surface area contributed by atoms with Crippen molar-refractivity contribution in [2.45, 2.75) is 33.2 Å². The Hall–Kier alpha value is -0.170. The van der Waals surface area contributed by atoms with Crippen LogP contribution < -0.4 is 5.32 Å². The molecule has 0 rings (SSSR count). The molecule has 0 aliphatic rings. The zero-order valence-corrected chi connectivity index (χ0v) is 11.8. The number of hydrogen-bond donors (Lipinski definition) is 1. The van der Waals surface area contributed by atoms with Crippen molar-refractivity contribution in [3.63, 3.8) is 0 Å². The van der Waals surface area contributed by atoms with E-state index < -0.39 is 10.2 Å². The van der Waals surface area contributed by atoms with E-state index in [0.717, 1.165) is 19.5 Å². The molecule has 1 N–H and O–H groups in total. The van der Waals surface area contributed by atoms with Crippen LogP contribution in [0.4, 0.5) is 0 Å². The average Bonchev–Trinajstić information content (AvgIpc) is 2.22. The summed E-state index contributed by atoms with van der Waals surface area (Å²) in [5.74, 6) is 0. The third-order valence-corrected chi connectivity index (χ3v) is 4.68. The lowest BCUT2D eigenvalue weighted by atomic mass is 10.4. The van der Waals surface area contributed by atoms with Crippen molar-refractivity contribution in [2.24, 2.45) is 0 Å². The molecule has 0 aliphatic heterocycles. The lowest BCUT2D eigenvalue weighted by molar-refractivity contribution is 0.355. The van der Waals surface area contributed by atoms with Crippen molar-refractivity contribution in [3.05, 3.63) is 0 Å². The number of nitrogens with zero attached hydrogens (tertiary/aromatic N) is 2. The first-order valence-electron chi connectivity index (χ1n) is 5.74. The highest BCUT2D eigenvalue weighted by Crippen LogP contribution is 2.07. The normalized spacial score (nSPS) is 13.0. The first-order chi connectivity index (χ1) is 7.34. The zero-order valence-electron chi connectivity index (χ0n) is 11.0. The summed E-state index contributed by atoms with van der Waals surface area (Å²) in [5, 5.41) is 3.17. The Balaban J connectivity index is 4.20. The first kappa shape index (κ1) is 15.8. The van der Waals surface area contributed by atoms with Gasteiger partial charge in [-0.15, -0.1) is 0 Å². The van der Waals surface area contributed by atoms with Crippen LogP contribution in [0.3, 0.4) is 0 Å². The Bertz CT molecular complexity index is 278. The summed E-state index contributed by atoms with van der Waals surface area (Å²) in [5.41, 5.74) is 0. The van der Waals surface area contributed by atoms with Gasteiger partial charge in [0.25, 0.3) is 10.2 Å². The largest absolute Gasteiger partial charge is 0.317 e. The smallest absolute Gasteiger partial charge is 0.281 e. The van der Waals surface area contributed by atoms with Crippen LogP contribution >= 0.6 is 0 Å². The molecule has 0 aromatic carbocycles. The topological polar surface area (TPSA) is 52.7 Å². The van der Waals surface area contributed by atoms with Crippen LogP contribution in [0.15, 0.2) is 0 Å². The van der Waals surface area contributed by atoms with E-state index >= 15 is 0 Å². The van der Waals surface area contributed by atoms with Gasteiger partial charge in [0.1, 0.15) is 0 Å². The molecule has 0 bridgehead atoms. The van der Waals surface area contributed by atoms with Crippen molar-refractivity contribution in [1.82, 2.24) is 13.9 Å². The van der Waals surface area contributed by atoms with E-state index in [1.54, 1.807) is 14.1 Å². The molecule has 0 atom stereocenters. The Morgan fingerprint density at radius 1 is 1.25 bits per heavy atom. The zero-order chi connectivity index (χ0) is 12.8. The highest BCUT2D eigenvalue weighted by molar-refractivity contribution is 7.86. The molecule has 6 heteroatoms. The molecule has 0 saturated carbocycles. The van der Waals surface area contributed by atoms with E-state index in [0.29, 0.717) is 6.54 Å². The quantitative estimate of drug-likeness (QED) is 0.639. The van der Waals surface area contributed by atoms with E-state index in [1.807, 2.05) is 20.8 Å². The monoisotopic (exact) mass is 251 g/mol. The summed E-state index contributed by atoms with van der Waals surface area (Å²) in [6.45, 7) is 8.08. The summed E-state index contributed by atoms with van der Waals surface area (Å²) >= 11 is 0. The minimum atomic E-state index is -3.29. The second kappa shape index (κ2) is 7.21. The SMILES string of the molecule is CCNCCCN(C)S(=O)(=O)N(C)C(C)C. The molecule has 0 spiro atoms. The molecule has 0 unspecified atom stereocenters. The molecule has 5 nitrogen and oxygen atoms in total. The third kappa shape index (κ3) is 4.78. The van der Waals surface area contributed by atoms with E-state index in [2.05, 4.69) is 5.32 Å². The van der Waals surface area contributed by atoms with Gasteiger partial charge in [-0.25, -0.2) is 0 Å². The fourth-order valence-electron chi connectivity index (χ4n) is 1.21. The van der Waals surface area contributed by atoms with E-state index in [-0.39, 0.29) is 6.04 Å². The predicted molar refractivity (Wildman–Crippen MR) is 67.6 cm³/mol. The molecule has 98 valence electrons. The van der Waals surface area contributed by atoms with E-state index in [4.69, 9.17) is 0 Å². The molecule has 0 heterocycles. The maximum Gasteiger partial charge on any atom is 0.281 e. The molecule has 0 aromatic rings. The van der Waals surface area contributed by atoms with E-state index in [1.165, 1.54) is 8.61 Å². The number of nitrogens with one attached hydrogen (secondary N) is 1. The van der Waals surface area contributed by atoms with Crippen molar-refractivity contribution in [3.8, 4) is 0 Å². The van der Waals surface area contributed by atoms with Crippen LogP contribution in [0.5, 0.6) is 0 Å². The van der Waals surface area contributed by atoms with Crippen LogP contribution in [0, 0.1) is 0 Å². The van der Waals surface area contributed by atoms with Crippen molar-refractivity contribution in [1.29, 1.82) is 0 Å². The maximum atomic E-state index is 12.0. The second-order valence-corrected chi connectivity index (χ2v) is 6.24. The Kier molecular flexibility index (Phi) is 7.14. The van der Waals surface area contributed by atoms with Gasteiger partial charge in [-0.2, -0.15) is 17.0 Å². The van der Waals surface area contributed by atoms with Gasteiger partial charge in [-0.05, 0) is 33.4 Å². The molecular weight excluding hydrogens is 226 g/mol. The average molecular weight is 251 g/mol. The Morgan fingerprint density at radius 2 is 1.81 bits per heavy atom. The fraction of sp³-hybridized carbons (Fsp3) is 1.00. The van der Waals surface area contributed by atoms with Crippen LogP contribution in [-0.2, 0) is 10.2 Å². The van der Waals surface area contributed by atoms with Gasteiger partial charge >= 0.3 is 0 Å². The fourth-order valence-corrected chi connectivity index (χ4v) is 2.54. The van der Waals surface area contributed by atoms with Crippen LogP contribution in [0.25, 0.3) is 0 Å². The van der Waals surface area contributed by atoms with Gasteiger partial charge in [0.15, 0.2) is 0 Å². The first-order valence-corrected chi connectivity index (χ1v) is 7.13. The highest BCUT2D eigenvalue weighted by Gasteiger charge is 2.24. The summed E-state index contributed by atoms with van der Waals surface area (Å²) in [4.78, 5) is 0. The molecular formula is C10H25N3O2S. The van der Waals surface area contributed by atoms with Gasteiger partial charge in [0.2, 0.25) is 0 Å². The molecule has 0 amide bonds. The summed E-state index contributed by atoms with van der Waals surface area (Å²) in [7, 11) is -0.0495. The number of rotatable bonds is 8. The van der Waals surface area contributed by atoms with Crippen LogP contribution in [0.1, 0.15) is 27.2 Å². The lowest BCUT2D eigenvalue weighted by Crippen LogP contribution is -2.43. The Morgan fingerprint density at radius 3 is 2.25 bits per heavy atom. The standard InChI is InChI=1S/C10H25N3O2S/c1-6-11-8-7-9-12(4)16(14,15)13(5)10(2)3/h10-11H,6-9H2,1-5H3. The molecule has 0 fully saturated rings. The molecule has 16 heavy (non-hydrogen) atoms. The van der Waals surface area contributed by atoms with Gasteiger partial charge in [-0.3, -0.25) is 0 Å².